The number of oxazole rings is 1. The van der Waals surface area contributed by atoms with Crippen molar-refractivity contribution in [1.29, 1.82) is 0 Å². The molecule has 1 unspecified atom stereocenters. The molecule has 1 saturated carbocycles. The van der Waals surface area contributed by atoms with Crippen LogP contribution in [0.4, 0.5) is 4.39 Å². The highest BCUT2D eigenvalue weighted by Crippen LogP contribution is 2.42. The molecule has 0 aliphatic heterocycles. The molecule has 0 amide bonds. The predicted molar refractivity (Wildman–Crippen MR) is 154 cm³/mol. The van der Waals surface area contributed by atoms with E-state index in [9.17, 15) is 5.11 Å². The number of hydrogen-bond donors (Lipinski definition) is 2. The Labute approximate surface area is 233 Å². The van der Waals surface area contributed by atoms with Crippen molar-refractivity contribution in [1.82, 2.24) is 25.1 Å². The molecule has 206 valence electrons. The second-order valence-corrected chi connectivity index (χ2v) is 11.7. The van der Waals surface area contributed by atoms with Gasteiger partial charge < -0.3 is 19.4 Å². The highest BCUT2D eigenvalue weighted by atomic mass is 19.1. The van der Waals surface area contributed by atoms with E-state index in [1.165, 1.54) is 6.07 Å². The van der Waals surface area contributed by atoms with E-state index in [0.29, 0.717) is 29.0 Å². The summed E-state index contributed by atoms with van der Waals surface area (Å²) in [5.74, 6) is 0.274. The number of aliphatic hydroxyl groups excluding tert-OH is 1. The van der Waals surface area contributed by atoms with Crippen molar-refractivity contribution in [2.75, 3.05) is 0 Å². The summed E-state index contributed by atoms with van der Waals surface area (Å²) in [6.07, 6.45) is 4.11. The Bertz CT molecular complexity index is 1670. The molecule has 1 aliphatic rings. The summed E-state index contributed by atoms with van der Waals surface area (Å²) >= 11 is 0. The number of aromatic nitrogens is 4. The van der Waals surface area contributed by atoms with E-state index in [1.54, 1.807) is 17.0 Å². The third-order valence-corrected chi connectivity index (χ3v) is 7.79. The number of aryl methyl sites for hydroxylation is 1. The molecule has 6 rings (SSSR count). The van der Waals surface area contributed by atoms with Gasteiger partial charge in [0.1, 0.15) is 17.7 Å². The molecule has 1 fully saturated rings. The van der Waals surface area contributed by atoms with Crippen LogP contribution in [0.1, 0.15) is 51.2 Å². The SMILES string of the molecule is Cn1cnnc1-c1c(-c2ccccc2)ccc(F)c1-c1nc2cc(CNC3CCC[C@H]3O)cc(C(C)(C)C)c2o1. The van der Waals surface area contributed by atoms with Crippen LogP contribution in [-0.2, 0) is 19.0 Å². The molecule has 2 aromatic heterocycles. The third-order valence-electron chi connectivity index (χ3n) is 7.79. The molecule has 3 aromatic carbocycles. The Morgan fingerprint density at radius 3 is 2.55 bits per heavy atom. The standard InChI is InChI=1S/C32H34FN5O2/c1-32(2,3)22-15-19(17-34-24-11-8-12-26(24)39)16-25-29(22)40-31(36-25)28-23(33)14-13-21(20-9-6-5-7-10-20)27(28)30-37-35-18-38(30)4/h5-7,9-10,13-16,18,24,26,34,39H,8,11-12,17H2,1-4H3/t24?,26-/m1/s1. The number of benzene rings is 3. The molecule has 40 heavy (non-hydrogen) atoms. The molecule has 1 aliphatic carbocycles. The molecule has 0 saturated heterocycles. The number of rotatable bonds is 6. The van der Waals surface area contributed by atoms with Gasteiger partial charge in [-0.2, -0.15) is 0 Å². The Morgan fingerprint density at radius 2 is 1.88 bits per heavy atom. The van der Waals surface area contributed by atoms with Crippen LogP contribution in [0.25, 0.3) is 45.1 Å². The van der Waals surface area contributed by atoms with Gasteiger partial charge in [-0.3, -0.25) is 0 Å². The summed E-state index contributed by atoms with van der Waals surface area (Å²) in [6.45, 7) is 6.99. The van der Waals surface area contributed by atoms with Gasteiger partial charge in [-0.05, 0) is 53.5 Å². The lowest BCUT2D eigenvalue weighted by molar-refractivity contribution is 0.148. The smallest absolute Gasteiger partial charge is 0.231 e. The normalized spacial score (nSPS) is 17.6. The molecule has 8 heteroatoms. The minimum atomic E-state index is -0.446. The Morgan fingerprint density at radius 1 is 1.07 bits per heavy atom. The molecular formula is C32H34FN5O2. The summed E-state index contributed by atoms with van der Waals surface area (Å²) in [5.41, 5.74) is 5.67. The fourth-order valence-corrected chi connectivity index (χ4v) is 5.67. The lowest BCUT2D eigenvalue weighted by Gasteiger charge is -2.21. The minimum absolute atomic E-state index is 0.0884. The van der Waals surface area contributed by atoms with Gasteiger partial charge in [0.05, 0.1) is 11.7 Å². The summed E-state index contributed by atoms with van der Waals surface area (Å²) in [6, 6.07) is 17.3. The van der Waals surface area contributed by atoms with Crippen LogP contribution in [0.5, 0.6) is 0 Å². The van der Waals surface area contributed by atoms with Crippen molar-refractivity contribution in [3.63, 3.8) is 0 Å². The minimum Gasteiger partial charge on any atom is -0.436 e. The summed E-state index contributed by atoms with van der Waals surface area (Å²) in [5, 5.41) is 22.2. The molecule has 2 heterocycles. The molecule has 0 bridgehead atoms. The average Bonchev–Trinajstić information content (AvgIpc) is 3.66. The van der Waals surface area contributed by atoms with Crippen LogP contribution < -0.4 is 5.32 Å². The fraction of sp³-hybridized carbons (Fsp3) is 0.344. The molecule has 5 aromatic rings. The van der Waals surface area contributed by atoms with Gasteiger partial charge in [0, 0.05) is 30.8 Å². The molecule has 0 spiro atoms. The van der Waals surface area contributed by atoms with Crippen molar-refractivity contribution in [2.45, 2.75) is 64.1 Å². The lowest BCUT2D eigenvalue weighted by atomic mass is 9.85. The summed E-state index contributed by atoms with van der Waals surface area (Å²) in [4.78, 5) is 4.87. The van der Waals surface area contributed by atoms with E-state index in [0.717, 1.165) is 41.5 Å². The second-order valence-electron chi connectivity index (χ2n) is 11.7. The highest BCUT2D eigenvalue weighted by Gasteiger charge is 2.28. The van der Waals surface area contributed by atoms with Gasteiger partial charge in [0.2, 0.25) is 5.89 Å². The van der Waals surface area contributed by atoms with Gasteiger partial charge in [-0.15, -0.1) is 10.2 Å². The van der Waals surface area contributed by atoms with E-state index in [2.05, 4.69) is 42.4 Å². The van der Waals surface area contributed by atoms with Crippen LogP contribution in [0, 0.1) is 5.82 Å². The molecule has 2 atom stereocenters. The number of aliphatic hydroxyl groups is 1. The molecule has 2 N–H and O–H groups in total. The van der Waals surface area contributed by atoms with E-state index in [1.807, 2.05) is 43.4 Å². The van der Waals surface area contributed by atoms with Crippen LogP contribution in [-0.4, -0.2) is 37.0 Å². The van der Waals surface area contributed by atoms with Gasteiger partial charge in [0.15, 0.2) is 11.4 Å². The first-order valence-corrected chi connectivity index (χ1v) is 13.8. The van der Waals surface area contributed by atoms with E-state index in [4.69, 9.17) is 9.40 Å². The van der Waals surface area contributed by atoms with Gasteiger partial charge in [-0.25, -0.2) is 9.37 Å². The van der Waals surface area contributed by atoms with Gasteiger partial charge >= 0.3 is 0 Å². The maximum atomic E-state index is 15.8. The summed E-state index contributed by atoms with van der Waals surface area (Å²) < 4.78 is 24.1. The van der Waals surface area contributed by atoms with Gasteiger partial charge in [0.25, 0.3) is 0 Å². The molecule has 0 radical (unpaired) electrons. The maximum absolute atomic E-state index is 15.8. The Kier molecular flexibility index (Phi) is 6.76. The highest BCUT2D eigenvalue weighted by molar-refractivity contribution is 5.92. The lowest BCUT2D eigenvalue weighted by Crippen LogP contribution is -2.35. The van der Waals surface area contributed by atoms with Crippen LogP contribution in [0.2, 0.25) is 0 Å². The molecular weight excluding hydrogens is 505 g/mol. The third kappa shape index (κ3) is 4.82. The first-order valence-electron chi connectivity index (χ1n) is 13.8. The number of nitrogens with one attached hydrogen (secondary N) is 1. The topological polar surface area (TPSA) is 89.0 Å². The Hall–Kier alpha value is -3.88. The van der Waals surface area contributed by atoms with Crippen LogP contribution in [0.3, 0.4) is 0 Å². The van der Waals surface area contributed by atoms with Gasteiger partial charge in [-0.1, -0.05) is 63.2 Å². The van der Waals surface area contributed by atoms with Crippen molar-refractivity contribution in [3.8, 4) is 34.0 Å². The quantitative estimate of drug-likeness (QED) is 0.260. The largest absolute Gasteiger partial charge is 0.436 e. The zero-order chi connectivity index (χ0) is 28.0. The van der Waals surface area contributed by atoms with Crippen molar-refractivity contribution >= 4 is 11.1 Å². The van der Waals surface area contributed by atoms with Crippen molar-refractivity contribution < 1.29 is 13.9 Å². The number of hydrogen-bond acceptors (Lipinski definition) is 6. The number of halogens is 1. The van der Waals surface area contributed by atoms with E-state index >= 15 is 4.39 Å². The number of fused-ring (bicyclic) bond motifs is 1. The molecule has 7 nitrogen and oxygen atoms in total. The monoisotopic (exact) mass is 539 g/mol. The zero-order valence-corrected chi connectivity index (χ0v) is 23.3. The first-order chi connectivity index (χ1) is 19.2. The fourth-order valence-electron chi connectivity index (χ4n) is 5.67. The number of nitrogens with zero attached hydrogens (tertiary/aromatic N) is 4. The first kappa shape index (κ1) is 26.3. The summed E-state index contributed by atoms with van der Waals surface area (Å²) in [7, 11) is 1.84. The maximum Gasteiger partial charge on any atom is 0.231 e. The predicted octanol–water partition coefficient (Wildman–Crippen LogP) is 6.40. The average molecular weight is 540 g/mol. The second kappa shape index (κ2) is 10.3. The Balaban J connectivity index is 1.53. The zero-order valence-electron chi connectivity index (χ0n) is 23.3. The van der Waals surface area contributed by atoms with Crippen molar-refractivity contribution in [2.24, 2.45) is 7.05 Å². The van der Waals surface area contributed by atoms with Crippen LogP contribution >= 0.6 is 0 Å². The van der Waals surface area contributed by atoms with E-state index in [-0.39, 0.29) is 29.0 Å². The van der Waals surface area contributed by atoms with E-state index < -0.39 is 5.82 Å². The van der Waals surface area contributed by atoms with Crippen LogP contribution in [0.15, 0.2) is 65.3 Å². The van der Waals surface area contributed by atoms with Crippen molar-refractivity contribution in [3.05, 3.63) is 77.9 Å².